The zero-order chi connectivity index (χ0) is 12.7. The van der Waals surface area contributed by atoms with Gasteiger partial charge in [-0.2, -0.15) is 0 Å². The minimum absolute atomic E-state index is 0.0183. The molecule has 0 saturated heterocycles. The Balaban J connectivity index is 4.75. The van der Waals surface area contributed by atoms with Gasteiger partial charge in [-0.1, -0.05) is 0 Å². The molecule has 0 aromatic rings. The number of carbonyl (C=O) groups excluding carboxylic acids is 1. The summed E-state index contributed by atoms with van der Waals surface area (Å²) < 4.78 is 0. The summed E-state index contributed by atoms with van der Waals surface area (Å²) in [5.41, 5.74) is 0.305. The van der Waals surface area contributed by atoms with Crippen molar-refractivity contribution in [2.45, 2.75) is 27.2 Å². The van der Waals surface area contributed by atoms with E-state index in [9.17, 15) is 9.59 Å². The molecule has 0 rings (SSSR count). The third-order valence-electron chi connectivity index (χ3n) is 2.46. The van der Waals surface area contributed by atoms with E-state index in [0.29, 0.717) is 19.5 Å². The number of likely N-dealkylation sites (N-methyl/N-ethyl adjacent to an activating group) is 1. The molecule has 0 unspecified atom stereocenters. The van der Waals surface area contributed by atoms with Crippen molar-refractivity contribution in [3.8, 4) is 0 Å². The number of carboxylic acid groups (broad SMARTS) is 1. The van der Waals surface area contributed by atoms with Crippen LogP contribution in [0.4, 0.5) is 0 Å². The van der Waals surface area contributed by atoms with Crippen molar-refractivity contribution in [2.75, 3.05) is 19.7 Å². The number of carboxylic acids is 1. The molecule has 0 radical (unpaired) electrons. The Hall–Kier alpha value is -1.36. The topological polar surface area (TPSA) is 77.8 Å². The first kappa shape index (κ1) is 14.6. The third kappa shape index (κ3) is 4.02. The van der Waals surface area contributed by atoms with Crippen molar-refractivity contribution in [1.29, 1.82) is 0 Å². The molecule has 0 bridgehead atoms. The molecule has 5 heteroatoms. The first-order valence-electron chi connectivity index (χ1n) is 5.26. The maximum atomic E-state index is 11.8. The maximum absolute atomic E-state index is 11.8. The monoisotopic (exact) mass is 229 g/mol. The molecule has 0 atom stereocenters. The summed E-state index contributed by atoms with van der Waals surface area (Å²) in [5.74, 6) is -1.36. The second-order valence-electron chi connectivity index (χ2n) is 3.52. The minimum Gasteiger partial charge on any atom is -0.478 e. The van der Waals surface area contributed by atoms with Crippen LogP contribution in [0.15, 0.2) is 11.1 Å². The van der Waals surface area contributed by atoms with Crippen LogP contribution < -0.4 is 0 Å². The fourth-order valence-electron chi connectivity index (χ4n) is 1.22. The molecule has 0 heterocycles. The lowest BCUT2D eigenvalue weighted by molar-refractivity contribution is -0.133. The molecule has 1 amide bonds. The van der Waals surface area contributed by atoms with Crippen LogP contribution in [-0.2, 0) is 9.59 Å². The highest BCUT2D eigenvalue weighted by atomic mass is 16.4. The van der Waals surface area contributed by atoms with Gasteiger partial charge in [0.25, 0.3) is 0 Å². The average Bonchev–Trinajstić information content (AvgIpc) is 2.27. The van der Waals surface area contributed by atoms with Gasteiger partial charge in [0.2, 0.25) is 5.91 Å². The van der Waals surface area contributed by atoms with Gasteiger partial charge in [0.15, 0.2) is 0 Å². The largest absolute Gasteiger partial charge is 0.478 e. The average molecular weight is 229 g/mol. The minimum atomic E-state index is -1.08. The number of aliphatic hydroxyl groups is 1. The van der Waals surface area contributed by atoms with Crippen molar-refractivity contribution in [3.05, 3.63) is 11.1 Å². The molecule has 0 fully saturated rings. The van der Waals surface area contributed by atoms with Gasteiger partial charge in [-0.15, -0.1) is 0 Å². The Morgan fingerprint density at radius 2 is 1.75 bits per heavy atom. The number of carbonyl (C=O) groups is 2. The van der Waals surface area contributed by atoms with E-state index in [4.69, 9.17) is 10.2 Å². The molecule has 16 heavy (non-hydrogen) atoms. The number of aliphatic carboxylic acids is 1. The van der Waals surface area contributed by atoms with E-state index in [1.165, 1.54) is 18.7 Å². The molecule has 0 aliphatic carbocycles. The lowest BCUT2D eigenvalue weighted by atomic mass is 10.1. The van der Waals surface area contributed by atoms with E-state index < -0.39 is 5.97 Å². The third-order valence-corrected chi connectivity index (χ3v) is 2.46. The molecule has 92 valence electrons. The summed E-state index contributed by atoms with van der Waals surface area (Å²) in [6.45, 7) is 5.70. The maximum Gasteiger partial charge on any atom is 0.331 e. The fourth-order valence-corrected chi connectivity index (χ4v) is 1.22. The van der Waals surface area contributed by atoms with Crippen LogP contribution >= 0.6 is 0 Å². The standard InChI is InChI=1S/C11H19NO4/c1-4-12(6-5-7-13)10(14)8(2)9(3)11(15)16/h13H,4-7H2,1-3H3,(H,15,16). The van der Waals surface area contributed by atoms with E-state index in [1.54, 1.807) is 0 Å². The summed E-state index contributed by atoms with van der Waals surface area (Å²) in [6.07, 6.45) is 0.499. The summed E-state index contributed by atoms with van der Waals surface area (Å²) in [5, 5.41) is 17.4. The molecule has 0 saturated carbocycles. The fraction of sp³-hybridized carbons (Fsp3) is 0.636. The molecule has 0 spiro atoms. The lowest BCUT2D eigenvalue weighted by Crippen LogP contribution is -2.33. The van der Waals surface area contributed by atoms with Crippen LogP contribution in [0, 0.1) is 0 Å². The van der Waals surface area contributed by atoms with Crippen LogP contribution in [0.3, 0.4) is 0 Å². The van der Waals surface area contributed by atoms with Crippen molar-refractivity contribution < 1.29 is 19.8 Å². The van der Waals surface area contributed by atoms with E-state index in [1.807, 2.05) is 6.92 Å². The highest BCUT2D eigenvalue weighted by Gasteiger charge is 2.17. The Morgan fingerprint density at radius 3 is 2.12 bits per heavy atom. The van der Waals surface area contributed by atoms with Gasteiger partial charge in [-0.25, -0.2) is 4.79 Å². The Labute approximate surface area is 95.4 Å². The number of nitrogens with zero attached hydrogens (tertiary/aromatic N) is 1. The second kappa shape index (κ2) is 7.00. The zero-order valence-electron chi connectivity index (χ0n) is 9.99. The predicted molar refractivity (Wildman–Crippen MR) is 60.0 cm³/mol. The summed E-state index contributed by atoms with van der Waals surface area (Å²) in [4.78, 5) is 24.1. The molecule has 0 aromatic heterocycles. The summed E-state index contributed by atoms with van der Waals surface area (Å²) >= 11 is 0. The molecule has 5 nitrogen and oxygen atoms in total. The van der Waals surface area contributed by atoms with Gasteiger partial charge in [0.1, 0.15) is 0 Å². The van der Waals surface area contributed by atoms with Gasteiger partial charge in [-0.05, 0) is 27.2 Å². The van der Waals surface area contributed by atoms with Gasteiger partial charge in [0.05, 0.1) is 0 Å². The number of hydrogen-bond donors (Lipinski definition) is 2. The molecule has 2 N–H and O–H groups in total. The molecule has 0 aromatic carbocycles. The predicted octanol–water partition coefficient (Wildman–Crippen LogP) is 0.638. The van der Waals surface area contributed by atoms with Gasteiger partial charge < -0.3 is 15.1 Å². The summed E-state index contributed by atoms with van der Waals surface area (Å²) in [7, 11) is 0. The molecule has 0 aliphatic rings. The Bertz CT molecular complexity index is 296. The van der Waals surface area contributed by atoms with E-state index in [0.717, 1.165) is 0 Å². The quantitative estimate of drug-likeness (QED) is 0.655. The normalized spacial score (nSPS) is 12.0. The van der Waals surface area contributed by atoms with Crippen LogP contribution in [0.2, 0.25) is 0 Å². The SMILES string of the molecule is CCN(CCCO)C(=O)C(C)=C(C)C(=O)O. The van der Waals surface area contributed by atoms with Crippen LogP contribution in [0.1, 0.15) is 27.2 Å². The zero-order valence-corrected chi connectivity index (χ0v) is 9.99. The Kier molecular flexibility index (Phi) is 6.41. The highest BCUT2D eigenvalue weighted by Crippen LogP contribution is 2.08. The van der Waals surface area contributed by atoms with Crippen LogP contribution in [-0.4, -0.2) is 46.7 Å². The van der Waals surface area contributed by atoms with Crippen molar-refractivity contribution >= 4 is 11.9 Å². The number of hydrogen-bond acceptors (Lipinski definition) is 3. The number of aliphatic hydroxyl groups excluding tert-OH is 1. The van der Waals surface area contributed by atoms with Crippen molar-refractivity contribution in [1.82, 2.24) is 4.90 Å². The second-order valence-corrected chi connectivity index (χ2v) is 3.52. The van der Waals surface area contributed by atoms with E-state index >= 15 is 0 Å². The smallest absolute Gasteiger partial charge is 0.331 e. The van der Waals surface area contributed by atoms with Crippen LogP contribution in [0.5, 0.6) is 0 Å². The summed E-state index contributed by atoms with van der Waals surface area (Å²) in [6, 6.07) is 0. The lowest BCUT2D eigenvalue weighted by Gasteiger charge is -2.21. The molecule has 0 aliphatic heterocycles. The molecular formula is C11H19NO4. The Morgan fingerprint density at radius 1 is 1.19 bits per heavy atom. The highest BCUT2D eigenvalue weighted by molar-refractivity contribution is 6.01. The van der Waals surface area contributed by atoms with Crippen molar-refractivity contribution in [2.24, 2.45) is 0 Å². The number of amides is 1. The molecular weight excluding hydrogens is 210 g/mol. The van der Waals surface area contributed by atoms with E-state index in [2.05, 4.69) is 0 Å². The van der Waals surface area contributed by atoms with Crippen LogP contribution in [0.25, 0.3) is 0 Å². The van der Waals surface area contributed by atoms with Gasteiger partial charge in [0, 0.05) is 30.8 Å². The first-order valence-corrected chi connectivity index (χ1v) is 5.26. The first-order chi connectivity index (χ1) is 7.45. The van der Waals surface area contributed by atoms with E-state index in [-0.39, 0.29) is 23.7 Å². The van der Waals surface area contributed by atoms with Gasteiger partial charge in [-0.3, -0.25) is 4.79 Å². The van der Waals surface area contributed by atoms with Crippen molar-refractivity contribution in [3.63, 3.8) is 0 Å². The van der Waals surface area contributed by atoms with Gasteiger partial charge >= 0.3 is 5.97 Å². The number of rotatable bonds is 6.